The fraction of sp³-hybridized carbons (Fsp3) is 0.0667. The van der Waals surface area contributed by atoms with E-state index < -0.39 is 17.7 Å². The van der Waals surface area contributed by atoms with Crippen molar-refractivity contribution in [1.82, 2.24) is 10.1 Å². The fourth-order valence-electron chi connectivity index (χ4n) is 1.96. The molecule has 1 aromatic heterocycles. The standard InChI is InChI=1S/C15H11F2N3O/c16-11-6-10(7-12(17)8-11)14-19-15(21-20-14)13(18)9-4-2-1-3-5-9/h1-8,13H,18H2. The first kappa shape index (κ1) is 13.4. The number of benzene rings is 2. The summed E-state index contributed by atoms with van der Waals surface area (Å²) in [6.07, 6.45) is 0. The Hall–Kier alpha value is -2.60. The van der Waals surface area contributed by atoms with Crippen LogP contribution in [0.1, 0.15) is 17.5 Å². The molecule has 0 aliphatic carbocycles. The molecule has 3 rings (SSSR count). The zero-order valence-electron chi connectivity index (χ0n) is 10.8. The minimum Gasteiger partial charge on any atom is -0.337 e. The average molecular weight is 287 g/mol. The van der Waals surface area contributed by atoms with Crippen LogP contribution in [0, 0.1) is 11.6 Å². The predicted octanol–water partition coefficient (Wildman–Crippen LogP) is 3.06. The molecule has 6 heteroatoms. The van der Waals surface area contributed by atoms with E-state index in [9.17, 15) is 8.78 Å². The van der Waals surface area contributed by atoms with Gasteiger partial charge < -0.3 is 10.3 Å². The number of hydrogen-bond donors (Lipinski definition) is 1. The molecular formula is C15H11F2N3O. The third-order valence-corrected chi connectivity index (χ3v) is 2.99. The molecule has 1 atom stereocenters. The molecule has 0 bridgehead atoms. The van der Waals surface area contributed by atoms with Gasteiger partial charge in [-0.1, -0.05) is 35.5 Å². The van der Waals surface area contributed by atoms with Crippen molar-refractivity contribution in [2.24, 2.45) is 5.73 Å². The summed E-state index contributed by atoms with van der Waals surface area (Å²) in [5.41, 5.74) is 7.02. The molecule has 0 amide bonds. The van der Waals surface area contributed by atoms with E-state index in [-0.39, 0.29) is 17.3 Å². The molecule has 4 nitrogen and oxygen atoms in total. The van der Waals surface area contributed by atoms with Crippen molar-refractivity contribution in [1.29, 1.82) is 0 Å². The molecule has 1 unspecified atom stereocenters. The minimum absolute atomic E-state index is 0.0924. The van der Waals surface area contributed by atoms with E-state index in [1.54, 1.807) is 0 Å². The minimum atomic E-state index is -0.705. The second-order valence-electron chi connectivity index (χ2n) is 4.50. The molecule has 2 aromatic carbocycles. The lowest BCUT2D eigenvalue weighted by molar-refractivity contribution is 0.367. The Morgan fingerprint density at radius 3 is 2.33 bits per heavy atom. The first-order valence-corrected chi connectivity index (χ1v) is 6.24. The summed E-state index contributed by atoms with van der Waals surface area (Å²) in [5, 5.41) is 3.72. The average Bonchev–Trinajstić information content (AvgIpc) is 2.96. The van der Waals surface area contributed by atoms with Gasteiger partial charge in [0.25, 0.3) is 0 Å². The Morgan fingerprint density at radius 1 is 1.00 bits per heavy atom. The third-order valence-electron chi connectivity index (χ3n) is 2.99. The molecule has 0 spiro atoms. The lowest BCUT2D eigenvalue weighted by atomic mass is 10.1. The van der Waals surface area contributed by atoms with Gasteiger partial charge in [-0.05, 0) is 17.7 Å². The van der Waals surface area contributed by atoms with Crippen molar-refractivity contribution in [3.05, 3.63) is 71.6 Å². The third kappa shape index (κ3) is 2.80. The number of rotatable bonds is 3. The highest BCUT2D eigenvalue weighted by Gasteiger charge is 2.18. The SMILES string of the molecule is NC(c1ccccc1)c1nc(-c2cc(F)cc(F)c2)no1. The van der Waals surface area contributed by atoms with Crippen molar-refractivity contribution in [3.63, 3.8) is 0 Å². The fourth-order valence-corrected chi connectivity index (χ4v) is 1.96. The van der Waals surface area contributed by atoms with Gasteiger partial charge >= 0.3 is 0 Å². The molecule has 0 fully saturated rings. The maximum atomic E-state index is 13.2. The summed E-state index contributed by atoms with van der Waals surface area (Å²) in [5.74, 6) is -1.14. The summed E-state index contributed by atoms with van der Waals surface area (Å²) in [6.45, 7) is 0. The second-order valence-corrected chi connectivity index (χ2v) is 4.50. The van der Waals surface area contributed by atoms with Gasteiger partial charge in [-0.25, -0.2) is 8.78 Å². The Morgan fingerprint density at radius 2 is 1.67 bits per heavy atom. The van der Waals surface area contributed by atoms with E-state index in [0.717, 1.165) is 23.8 Å². The van der Waals surface area contributed by atoms with Crippen molar-refractivity contribution in [2.75, 3.05) is 0 Å². The van der Waals surface area contributed by atoms with Gasteiger partial charge in [0.15, 0.2) is 0 Å². The van der Waals surface area contributed by atoms with Crippen molar-refractivity contribution >= 4 is 0 Å². The molecule has 0 aliphatic heterocycles. The zero-order valence-corrected chi connectivity index (χ0v) is 10.8. The summed E-state index contributed by atoms with van der Waals surface area (Å²) >= 11 is 0. The largest absolute Gasteiger partial charge is 0.337 e. The van der Waals surface area contributed by atoms with Crippen LogP contribution in [0.5, 0.6) is 0 Å². The molecular weight excluding hydrogens is 276 g/mol. The maximum Gasteiger partial charge on any atom is 0.248 e. The van der Waals surface area contributed by atoms with E-state index in [2.05, 4.69) is 10.1 Å². The summed E-state index contributed by atoms with van der Waals surface area (Å²) in [7, 11) is 0. The van der Waals surface area contributed by atoms with Crippen molar-refractivity contribution < 1.29 is 13.3 Å². The second kappa shape index (κ2) is 5.41. The van der Waals surface area contributed by atoms with E-state index in [1.807, 2.05) is 30.3 Å². The zero-order chi connectivity index (χ0) is 14.8. The Kier molecular flexibility index (Phi) is 3.45. The van der Waals surface area contributed by atoms with Gasteiger partial charge in [-0.2, -0.15) is 4.98 Å². The Balaban J connectivity index is 1.93. The van der Waals surface area contributed by atoms with E-state index in [0.29, 0.717) is 0 Å². The highest BCUT2D eigenvalue weighted by Crippen LogP contribution is 2.23. The lowest BCUT2D eigenvalue weighted by Crippen LogP contribution is -2.11. The van der Waals surface area contributed by atoms with Gasteiger partial charge in [0.2, 0.25) is 11.7 Å². The first-order valence-electron chi connectivity index (χ1n) is 6.24. The number of nitrogens with two attached hydrogens (primary N) is 1. The van der Waals surface area contributed by atoms with Gasteiger partial charge in [0.1, 0.15) is 17.7 Å². The summed E-state index contributed by atoms with van der Waals surface area (Å²) in [4.78, 5) is 4.10. The van der Waals surface area contributed by atoms with Crippen LogP contribution in [0.2, 0.25) is 0 Å². The van der Waals surface area contributed by atoms with Crippen LogP contribution in [-0.2, 0) is 0 Å². The predicted molar refractivity (Wildman–Crippen MR) is 72.1 cm³/mol. The van der Waals surface area contributed by atoms with Crippen LogP contribution in [0.15, 0.2) is 53.1 Å². The Bertz CT molecular complexity index is 738. The highest BCUT2D eigenvalue weighted by atomic mass is 19.1. The number of halogens is 2. The molecule has 0 aliphatic rings. The van der Waals surface area contributed by atoms with E-state index in [4.69, 9.17) is 10.3 Å². The van der Waals surface area contributed by atoms with Gasteiger partial charge in [0, 0.05) is 11.6 Å². The van der Waals surface area contributed by atoms with E-state index in [1.165, 1.54) is 0 Å². The van der Waals surface area contributed by atoms with Gasteiger partial charge in [0.05, 0.1) is 0 Å². The summed E-state index contributed by atoms with van der Waals surface area (Å²) in [6, 6.07) is 11.7. The highest BCUT2D eigenvalue weighted by molar-refractivity contribution is 5.54. The van der Waals surface area contributed by atoms with Crippen LogP contribution in [0.25, 0.3) is 11.4 Å². The Labute approximate surface area is 119 Å². The molecule has 2 N–H and O–H groups in total. The monoisotopic (exact) mass is 287 g/mol. The van der Waals surface area contributed by atoms with Crippen LogP contribution >= 0.6 is 0 Å². The normalized spacial score (nSPS) is 12.3. The van der Waals surface area contributed by atoms with Crippen molar-refractivity contribution in [3.8, 4) is 11.4 Å². The van der Waals surface area contributed by atoms with Crippen molar-refractivity contribution in [2.45, 2.75) is 6.04 Å². The van der Waals surface area contributed by atoms with Crippen LogP contribution in [0.3, 0.4) is 0 Å². The smallest absolute Gasteiger partial charge is 0.248 e. The number of aromatic nitrogens is 2. The van der Waals surface area contributed by atoms with Crippen LogP contribution in [-0.4, -0.2) is 10.1 Å². The van der Waals surface area contributed by atoms with Crippen LogP contribution in [0.4, 0.5) is 8.78 Å². The molecule has 3 aromatic rings. The quantitative estimate of drug-likeness (QED) is 0.804. The van der Waals surface area contributed by atoms with Crippen LogP contribution < -0.4 is 5.73 Å². The number of hydrogen-bond acceptors (Lipinski definition) is 4. The molecule has 21 heavy (non-hydrogen) atoms. The molecule has 0 saturated heterocycles. The van der Waals surface area contributed by atoms with E-state index >= 15 is 0 Å². The maximum absolute atomic E-state index is 13.2. The van der Waals surface area contributed by atoms with Gasteiger partial charge in [-0.3, -0.25) is 0 Å². The first-order chi connectivity index (χ1) is 10.1. The lowest BCUT2D eigenvalue weighted by Gasteiger charge is -2.05. The molecule has 0 radical (unpaired) electrons. The molecule has 106 valence electrons. The topological polar surface area (TPSA) is 64.9 Å². The molecule has 0 saturated carbocycles. The number of nitrogens with zero attached hydrogens (tertiary/aromatic N) is 2. The van der Waals surface area contributed by atoms with Gasteiger partial charge in [-0.15, -0.1) is 0 Å². The summed E-state index contributed by atoms with van der Waals surface area (Å²) < 4.78 is 31.5. The molecule has 1 heterocycles.